The highest BCUT2D eigenvalue weighted by Crippen LogP contribution is 2.17. The molecule has 1 fully saturated rings. The monoisotopic (exact) mass is 363 g/mol. The number of rotatable bonds is 4. The Kier molecular flexibility index (Phi) is 4.89. The summed E-state index contributed by atoms with van der Waals surface area (Å²) in [4.78, 5) is 28.9. The van der Waals surface area contributed by atoms with Crippen LogP contribution in [0.5, 0.6) is 0 Å². The molecule has 0 aliphatic carbocycles. The van der Waals surface area contributed by atoms with Crippen LogP contribution in [0.1, 0.15) is 15.9 Å². The van der Waals surface area contributed by atoms with Gasteiger partial charge < -0.3 is 19.9 Å². The maximum absolute atomic E-state index is 12.4. The lowest BCUT2D eigenvalue weighted by atomic mass is 10.1. The van der Waals surface area contributed by atoms with Gasteiger partial charge in [-0.2, -0.15) is 0 Å². The molecule has 2 N–H and O–H groups in total. The topological polar surface area (TPSA) is 74.4 Å². The molecule has 0 unspecified atom stereocenters. The summed E-state index contributed by atoms with van der Waals surface area (Å²) in [7, 11) is 0. The number of anilines is 1. The summed E-state index contributed by atoms with van der Waals surface area (Å²) in [6, 6.07) is 16.7. The van der Waals surface area contributed by atoms with E-state index < -0.39 is 0 Å². The number of pyridine rings is 1. The smallest absolute Gasteiger partial charge is 0.251 e. The number of aromatic amines is 1. The van der Waals surface area contributed by atoms with Gasteiger partial charge in [-0.3, -0.25) is 9.59 Å². The summed E-state index contributed by atoms with van der Waals surface area (Å²) in [5.41, 5.74) is 3.21. The summed E-state index contributed by atoms with van der Waals surface area (Å²) in [6.07, 6.45) is 0. The van der Waals surface area contributed by atoms with Crippen molar-refractivity contribution in [1.29, 1.82) is 0 Å². The van der Waals surface area contributed by atoms with Crippen LogP contribution in [0.4, 0.5) is 5.69 Å². The number of aromatic nitrogens is 1. The number of benzene rings is 2. The molecule has 1 aliphatic rings. The number of nitrogens with zero attached hydrogens (tertiary/aromatic N) is 1. The molecule has 0 radical (unpaired) electrons. The van der Waals surface area contributed by atoms with Gasteiger partial charge >= 0.3 is 0 Å². The predicted octanol–water partition coefficient (Wildman–Crippen LogP) is 2.29. The lowest BCUT2D eigenvalue weighted by Crippen LogP contribution is -2.36. The lowest BCUT2D eigenvalue weighted by Gasteiger charge is -2.28. The Morgan fingerprint density at radius 3 is 2.56 bits per heavy atom. The van der Waals surface area contributed by atoms with E-state index in [4.69, 9.17) is 4.74 Å². The number of nitrogens with one attached hydrogen (secondary N) is 2. The van der Waals surface area contributed by atoms with Crippen molar-refractivity contribution in [2.24, 2.45) is 0 Å². The first-order chi connectivity index (χ1) is 13.2. The molecule has 138 valence electrons. The Morgan fingerprint density at radius 2 is 1.78 bits per heavy atom. The van der Waals surface area contributed by atoms with Gasteiger partial charge in [-0.15, -0.1) is 0 Å². The van der Waals surface area contributed by atoms with Crippen LogP contribution in [-0.4, -0.2) is 37.2 Å². The minimum absolute atomic E-state index is 0.168. The summed E-state index contributed by atoms with van der Waals surface area (Å²) in [6.45, 7) is 3.77. The summed E-state index contributed by atoms with van der Waals surface area (Å²) in [5.74, 6) is -0.168. The Labute approximate surface area is 156 Å². The second-order valence-electron chi connectivity index (χ2n) is 6.57. The zero-order valence-electron chi connectivity index (χ0n) is 14.9. The average molecular weight is 363 g/mol. The predicted molar refractivity (Wildman–Crippen MR) is 105 cm³/mol. The molecule has 27 heavy (non-hydrogen) atoms. The van der Waals surface area contributed by atoms with E-state index in [1.807, 2.05) is 18.2 Å². The van der Waals surface area contributed by atoms with E-state index >= 15 is 0 Å². The van der Waals surface area contributed by atoms with E-state index in [0.29, 0.717) is 17.6 Å². The first kappa shape index (κ1) is 17.3. The molecule has 6 heteroatoms. The molecular formula is C21H21N3O3. The van der Waals surface area contributed by atoms with Crippen LogP contribution in [0.25, 0.3) is 10.9 Å². The van der Waals surface area contributed by atoms with Gasteiger partial charge in [0.1, 0.15) is 0 Å². The van der Waals surface area contributed by atoms with Crippen LogP contribution in [0.15, 0.2) is 59.4 Å². The van der Waals surface area contributed by atoms with Crippen LogP contribution in [0.2, 0.25) is 0 Å². The molecule has 3 aromatic rings. The highest BCUT2D eigenvalue weighted by Gasteiger charge is 2.11. The Morgan fingerprint density at radius 1 is 1.04 bits per heavy atom. The quantitative estimate of drug-likeness (QED) is 0.746. The summed E-state index contributed by atoms with van der Waals surface area (Å²) < 4.78 is 5.38. The van der Waals surface area contributed by atoms with Gasteiger partial charge in [0, 0.05) is 42.5 Å². The lowest BCUT2D eigenvalue weighted by molar-refractivity contribution is 0.0951. The summed E-state index contributed by atoms with van der Waals surface area (Å²) >= 11 is 0. The van der Waals surface area contributed by atoms with Crippen molar-refractivity contribution in [3.63, 3.8) is 0 Å². The number of ether oxygens (including phenoxy) is 1. The highest BCUT2D eigenvalue weighted by molar-refractivity contribution is 5.97. The van der Waals surface area contributed by atoms with Crippen molar-refractivity contribution < 1.29 is 9.53 Å². The zero-order chi connectivity index (χ0) is 18.6. The Hall–Kier alpha value is -3.12. The first-order valence-electron chi connectivity index (χ1n) is 9.02. The first-order valence-corrected chi connectivity index (χ1v) is 9.02. The number of hydrogen-bond acceptors (Lipinski definition) is 4. The molecule has 0 spiro atoms. The normalized spacial score (nSPS) is 14.3. The van der Waals surface area contributed by atoms with E-state index in [1.165, 1.54) is 11.8 Å². The van der Waals surface area contributed by atoms with E-state index in [1.54, 1.807) is 18.2 Å². The average Bonchev–Trinajstić information content (AvgIpc) is 2.72. The maximum Gasteiger partial charge on any atom is 0.251 e. The molecule has 0 bridgehead atoms. The third-order valence-electron chi connectivity index (χ3n) is 4.75. The fourth-order valence-electron chi connectivity index (χ4n) is 3.22. The molecule has 1 amide bonds. The molecule has 2 aromatic carbocycles. The van der Waals surface area contributed by atoms with Gasteiger partial charge in [0.2, 0.25) is 5.56 Å². The number of hydrogen-bond donors (Lipinski definition) is 2. The van der Waals surface area contributed by atoms with Crippen LogP contribution < -0.4 is 15.8 Å². The van der Waals surface area contributed by atoms with Gasteiger partial charge in [-0.25, -0.2) is 0 Å². The fraction of sp³-hybridized carbons (Fsp3) is 0.238. The second-order valence-corrected chi connectivity index (χ2v) is 6.57. The Bertz CT molecular complexity index is 1010. The third-order valence-corrected chi connectivity index (χ3v) is 4.75. The van der Waals surface area contributed by atoms with Gasteiger partial charge in [0.25, 0.3) is 5.91 Å². The minimum Gasteiger partial charge on any atom is -0.378 e. The number of morpholine rings is 1. The molecule has 1 aliphatic heterocycles. The van der Waals surface area contributed by atoms with Gasteiger partial charge in [0.15, 0.2) is 0 Å². The highest BCUT2D eigenvalue weighted by atomic mass is 16.5. The molecule has 1 saturated heterocycles. The summed E-state index contributed by atoms with van der Waals surface area (Å²) in [5, 5.41) is 3.82. The van der Waals surface area contributed by atoms with Crippen molar-refractivity contribution in [3.05, 3.63) is 76.1 Å². The molecule has 0 atom stereocenters. The van der Waals surface area contributed by atoms with Gasteiger partial charge in [-0.1, -0.05) is 18.2 Å². The van der Waals surface area contributed by atoms with E-state index in [-0.39, 0.29) is 11.5 Å². The van der Waals surface area contributed by atoms with Crippen LogP contribution in [0.3, 0.4) is 0 Å². The standard InChI is InChI=1S/C21H21N3O3/c25-20-8-5-16-3-4-17(13-19(16)23-20)21(26)22-14-15-1-6-18(7-2-15)24-9-11-27-12-10-24/h1-8,13H,9-12,14H2,(H,22,26)(H,23,25). The van der Waals surface area contributed by atoms with E-state index in [2.05, 4.69) is 27.3 Å². The van der Waals surface area contributed by atoms with Crippen molar-refractivity contribution in [2.75, 3.05) is 31.2 Å². The van der Waals surface area contributed by atoms with Crippen LogP contribution >= 0.6 is 0 Å². The third kappa shape index (κ3) is 4.01. The second kappa shape index (κ2) is 7.63. The number of carbonyl (C=O) groups is 1. The van der Waals surface area contributed by atoms with Gasteiger partial charge in [-0.05, 0) is 41.3 Å². The maximum atomic E-state index is 12.4. The number of fused-ring (bicyclic) bond motifs is 1. The molecule has 0 saturated carbocycles. The number of amides is 1. The minimum atomic E-state index is -0.180. The molecule has 6 nitrogen and oxygen atoms in total. The van der Waals surface area contributed by atoms with Crippen LogP contribution in [0, 0.1) is 0 Å². The van der Waals surface area contributed by atoms with Crippen molar-refractivity contribution in [2.45, 2.75) is 6.54 Å². The van der Waals surface area contributed by atoms with E-state index in [0.717, 1.165) is 37.3 Å². The van der Waals surface area contributed by atoms with Crippen molar-refractivity contribution in [1.82, 2.24) is 10.3 Å². The fourth-order valence-corrected chi connectivity index (χ4v) is 3.22. The largest absolute Gasteiger partial charge is 0.378 e. The SMILES string of the molecule is O=C(NCc1ccc(N2CCOCC2)cc1)c1ccc2ccc(=O)[nH]c2c1. The van der Waals surface area contributed by atoms with Crippen molar-refractivity contribution in [3.8, 4) is 0 Å². The number of carbonyl (C=O) groups excluding carboxylic acids is 1. The van der Waals surface area contributed by atoms with Crippen molar-refractivity contribution >= 4 is 22.5 Å². The molecule has 2 heterocycles. The van der Waals surface area contributed by atoms with Crippen LogP contribution in [-0.2, 0) is 11.3 Å². The molecule has 1 aromatic heterocycles. The molecule has 4 rings (SSSR count). The van der Waals surface area contributed by atoms with E-state index in [9.17, 15) is 9.59 Å². The Balaban J connectivity index is 1.40. The van der Waals surface area contributed by atoms with Gasteiger partial charge in [0.05, 0.1) is 13.2 Å². The molecular weight excluding hydrogens is 342 g/mol. The zero-order valence-corrected chi connectivity index (χ0v) is 14.9. The number of H-pyrrole nitrogens is 1.